The van der Waals surface area contributed by atoms with Crippen molar-refractivity contribution in [1.29, 1.82) is 0 Å². The Balaban J connectivity index is 1.61. The van der Waals surface area contributed by atoms with Gasteiger partial charge in [0.05, 0.1) is 6.61 Å². The van der Waals surface area contributed by atoms with Gasteiger partial charge in [-0.1, -0.05) is 24.3 Å². The summed E-state index contributed by atoms with van der Waals surface area (Å²) in [5.41, 5.74) is 7.84. The molecule has 0 atom stereocenters. The van der Waals surface area contributed by atoms with Crippen molar-refractivity contribution < 1.29 is 9.53 Å². The Morgan fingerprint density at radius 2 is 2.00 bits per heavy atom. The van der Waals surface area contributed by atoms with E-state index in [1.807, 2.05) is 24.3 Å². The number of nitrogen functional groups attached to an aromatic ring is 1. The van der Waals surface area contributed by atoms with E-state index in [2.05, 4.69) is 5.32 Å². The van der Waals surface area contributed by atoms with Gasteiger partial charge in [0.25, 0.3) is 5.91 Å². The van der Waals surface area contributed by atoms with E-state index >= 15 is 0 Å². The topological polar surface area (TPSA) is 64.4 Å². The fourth-order valence-corrected chi connectivity index (χ4v) is 2.24. The molecule has 0 spiro atoms. The molecule has 1 aliphatic rings. The smallest absolute Gasteiger partial charge is 0.251 e. The van der Waals surface area contributed by atoms with Crippen LogP contribution in [0.3, 0.4) is 0 Å². The van der Waals surface area contributed by atoms with Gasteiger partial charge >= 0.3 is 0 Å². The fourth-order valence-electron chi connectivity index (χ4n) is 2.24. The lowest BCUT2D eigenvalue weighted by Crippen LogP contribution is -2.23. The molecule has 2 aromatic rings. The van der Waals surface area contributed by atoms with Gasteiger partial charge in [0.15, 0.2) is 0 Å². The first-order valence-corrected chi connectivity index (χ1v) is 7.57. The number of benzene rings is 2. The summed E-state index contributed by atoms with van der Waals surface area (Å²) >= 11 is 0. The molecule has 1 amide bonds. The highest BCUT2D eigenvalue weighted by atomic mass is 16.5. The Morgan fingerprint density at radius 3 is 2.77 bits per heavy atom. The number of carbonyl (C=O) groups is 1. The third-order valence-corrected chi connectivity index (χ3v) is 3.73. The third-order valence-electron chi connectivity index (χ3n) is 3.73. The summed E-state index contributed by atoms with van der Waals surface area (Å²) in [6.45, 7) is 1.20. The zero-order valence-electron chi connectivity index (χ0n) is 12.4. The normalized spacial score (nSPS) is 13.6. The van der Waals surface area contributed by atoms with Crippen LogP contribution in [-0.4, -0.2) is 12.5 Å². The number of amides is 1. The van der Waals surface area contributed by atoms with Crippen LogP contribution in [0, 0.1) is 5.92 Å². The van der Waals surface area contributed by atoms with E-state index in [0.29, 0.717) is 23.7 Å². The zero-order valence-corrected chi connectivity index (χ0v) is 12.4. The van der Waals surface area contributed by atoms with E-state index in [-0.39, 0.29) is 5.91 Å². The Bertz CT molecular complexity index is 666. The van der Waals surface area contributed by atoms with Crippen molar-refractivity contribution in [3.8, 4) is 5.75 Å². The number of anilines is 1. The maximum atomic E-state index is 12.2. The van der Waals surface area contributed by atoms with E-state index in [1.165, 1.54) is 12.8 Å². The van der Waals surface area contributed by atoms with Crippen LogP contribution in [0.5, 0.6) is 5.75 Å². The van der Waals surface area contributed by atoms with Gasteiger partial charge in [-0.2, -0.15) is 0 Å². The van der Waals surface area contributed by atoms with Gasteiger partial charge in [0.1, 0.15) is 5.75 Å². The molecule has 114 valence electrons. The number of rotatable bonds is 6. The molecule has 3 rings (SSSR count). The molecular formula is C18H20N2O2. The Kier molecular flexibility index (Phi) is 4.28. The molecule has 0 heterocycles. The molecule has 1 saturated carbocycles. The molecule has 0 radical (unpaired) electrons. The van der Waals surface area contributed by atoms with Crippen LogP contribution in [0.4, 0.5) is 5.69 Å². The summed E-state index contributed by atoms with van der Waals surface area (Å²) in [5, 5.41) is 2.91. The second kappa shape index (κ2) is 6.52. The number of nitrogens with one attached hydrogen (secondary N) is 1. The average molecular weight is 296 g/mol. The maximum Gasteiger partial charge on any atom is 0.251 e. The largest absolute Gasteiger partial charge is 0.493 e. The van der Waals surface area contributed by atoms with Gasteiger partial charge in [-0.15, -0.1) is 0 Å². The van der Waals surface area contributed by atoms with Crippen molar-refractivity contribution in [3.05, 3.63) is 59.7 Å². The second-order valence-corrected chi connectivity index (χ2v) is 5.67. The maximum absolute atomic E-state index is 12.2. The Morgan fingerprint density at radius 1 is 1.18 bits per heavy atom. The first-order valence-electron chi connectivity index (χ1n) is 7.57. The molecule has 0 bridgehead atoms. The predicted molar refractivity (Wildman–Crippen MR) is 86.7 cm³/mol. The first kappa shape index (κ1) is 14.4. The number of carbonyl (C=O) groups excluding carboxylic acids is 1. The van der Waals surface area contributed by atoms with Gasteiger partial charge in [0, 0.05) is 23.4 Å². The minimum absolute atomic E-state index is 0.135. The number of para-hydroxylation sites is 1. The molecule has 0 saturated heterocycles. The second-order valence-electron chi connectivity index (χ2n) is 5.67. The van der Waals surface area contributed by atoms with E-state index in [0.717, 1.165) is 17.9 Å². The van der Waals surface area contributed by atoms with Gasteiger partial charge in [-0.05, 0) is 43.0 Å². The van der Waals surface area contributed by atoms with E-state index in [9.17, 15) is 4.79 Å². The predicted octanol–water partition coefficient (Wildman–Crippen LogP) is 2.99. The van der Waals surface area contributed by atoms with Gasteiger partial charge in [-0.25, -0.2) is 0 Å². The summed E-state index contributed by atoms with van der Waals surface area (Å²) in [6, 6.07) is 14.8. The van der Waals surface area contributed by atoms with E-state index in [1.54, 1.807) is 24.3 Å². The van der Waals surface area contributed by atoms with Crippen LogP contribution in [0.15, 0.2) is 48.5 Å². The molecule has 1 aliphatic carbocycles. The number of hydrogen-bond acceptors (Lipinski definition) is 3. The minimum atomic E-state index is -0.135. The SMILES string of the molecule is Nc1cccc(C(=O)NCc2ccccc2OCC2CC2)c1. The van der Waals surface area contributed by atoms with Crippen LogP contribution in [0.1, 0.15) is 28.8 Å². The average Bonchev–Trinajstić information content (AvgIpc) is 3.35. The summed E-state index contributed by atoms with van der Waals surface area (Å²) in [5.74, 6) is 1.42. The molecule has 2 aromatic carbocycles. The monoisotopic (exact) mass is 296 g/mol. The molecule has 0 aliphatic heterocycles. The van der Waals surface area contributed by atoms with E-state index < -0.39 is 0 Å². The molecule has 0 unspecified atom stereocenters. The number of ether oxygens (including phenoxy) is 1. The van der Waals surface area contributed by atoms with Gasteiger partial charge in [-0.3, -0.25) is 4.79 Å². The molecule has 3 N–H and O–H groups in total. The van der Waals surface area contributed by atoms with Crippen molar-refractivity contribution in [2.75, 3.05) is 12.3 Å². The van der Waals surface area contributed by atoms with Crippen molar-refractivity contribution >= 4 is 11.6 Å². The standard InChI is InChI=1S/C18H20N2O2/c19-16-6-3-5-14(10-16)18(21)20-11-15-4-1-2-7-17(15)22-12-13-8-9-13/h1-7,10,13H,8-9,11-12,19H2,(H,20,21). The van der Waals surface area contributed by atoms with Crippen molar-refractivity contribution in [2.45, 2.75) is 19.4 Å². The van der Waals surface area contributed by atoms with Crippen molar-refractivity contribution in [3.63, 3.8) is 0 Å². The third kappa shape index (κ3) is 3.79. The van der Waals surface area contributed by atoms with Crippen molar-refractivity contribution in [2.24, 2.45) is 5.92 Å². The lowest BCUT2D eigenvalue weighted by molar-refractivity contribution is 0.0950. The van der Waals surface area contributed by atoms with E-state index in [4.69, 9.17) is 10.5 Å². The molecular weight excluding hydrogens is 276 g/mol. The molecule has 1 fully saturated rings. The number of hydrogen-bond donors (Lipinski definition) is 2. The lowest BCUT2D eigenvalue weighted by atomic mass is 10.1. The summed E-state index contributed by atoms with van der Waals surface area (Å²) in [6.07, 6.45) is 2.52. The van der Waals surface area contributed by atoms with Gasteiger partial charge < -0.3 is 15.8 Å². The quantitative estimate of drug-likeness (QED) is 0.805. The van der Waals surface area contributed by atoms with Crippen LogP contribution in [0.25, 0.3) is 0 Å². The lowest BCUT2D eigenvalue weighted by Gasteiger charge is -2.12. The molecule has 22 heavy (non-hydrogen) atoms. The van der Waals surface area contributed by atoms with Crippen LogP contribution in [0.2, 0.25) is 0 Å². The summed E-state index contributed by atoms with van der Waals surface area (Å²) in [7, 11) is 0. The van der Waals surface area contributed by atoms with Gasteiger partial charge in [0.2, 0.25) is 0 Å². The molecule has 4 heteroatoms. The highest BCUT2D eigenvalue weighted by Gasteiger charge is 2.22. The molecule has 0 aromatic heterocycles. The fraction of sp³-hybridized carbons (Fsp3) is 0.278. The first-order chi connectivity index (χ1) is 10.7. The Labute approximate surface area is 130 Å². The van der Waals surface area contributed by atoms with Crippen molar-refractivity contribution in [1.82, 2.24) is 5.32 Å². The van der Waals surface area contributed by atoms with Crippen LogP contribution in [-0.2, 0) is 6.54 Å². The highest BCUT2D eigenvalue weighted by Crippen LogP contribution is 2.30. The van der Waals surface area contributed by atoms with Crippen LogP contribution < -0.4 is 15.8 Å². The highest BCUT2D eigenvalue weighted by molar-refractivity contribution is 5.94. The molecule has 4 nitrogen and oxygen atoms in total. The number of nitrogens with two attached hydrogens (primary N) is 1. The Hall–Kier alpha value is -2.49. The summed E-state index contributed by atoms with van der Waals surface area (Å²) in [4.78, 5) is 12.2. The van der Waals surface area contributed by atoms with Crippen LogP contribution >= 0.6 is 0 Å². The zero-order chi connectivity index (χ0) is 15.4. The summed E-state index contributed by atoms with van der Waals surface area (Å²) < 4.78 is 5.85. The minimum Gasteiger partial charge on any atom is -0.493 e.